The number of hydrogen-bond acceptors (Lipinski definition) is 2. The van der Waals surface area contributed by atoms with Gasteiger partial charge in [0.2, 0.25) is 9.05 Å². The van der Waals surface area contributed by atoms with Crippen molar-refractivity contribution in [2.24, 2.45) is 0 Å². The highest BCUT2D eigenvalue weighted by molar-refractivity contribution is 9.10. The molecule has 0 spiro atoms. The van der Waals surface area contributed by atoms with E-state index in [9.17, 15) is 12.8 Å². The van der Waals surface area contributed by atoms with Crippen molar-refractivity contribution >= 4 is 47.3 Å². The molecule has 7 heteroatoms. The van der Waals surface area contributed by atoms with E-state index in [-0.39, 0.29) is 15.1 Å². The number of halogens is 4. The molecule has 1 rings (SSSR count). The summed E-state index contributed by atoms with van der Waals surface area (Å²) in [6.45, 7) is 0. The molecule has 0 atom stereocenters. The molecular formula is C7H4BrCl2FO2S. The minimum Gasteiger partial charge on any atom is -0.212 e. The molecule has 0 aromatic heterocycles. The lowest BCUT2D eigenvalue weighted by atomic mass is 10.2. The van der Waals surface area contributed by atoms with Crippen LogP contribution in [-0.2, 0) is 14.8 Å². The van der Waals surface area contributed by atoms with E-state index in [2.05, 4.69) is 15.9 Å². The molecule has 0 bridgehead atoms. The van der Waals surface area contributed by atoms with Crippen LogP contribution >= 0.6 is 38.2 Å². The fourth-order valence-corrected chi connectivity index (χ4v) is 2.29. The zero-order valence-electron chi connectivity index (χ0n) is 6.60. The van der Waals surface area contributed by atoms with Crippen LogP contribution in [0.25, 0.3) is 0 Å². The van der Waals surface area contributed by atoms with Gasteiger partial charge in [-0.1, -0.05) is 11.6 Å². The lowest BCUT2D eigenvalue weighted by Crippen LogP contribution is -1.96. The van der Waals surface area contributed by atoms with Crippen molar-refractivity contribution in [3.8, 4) is 0 Å². The Hall–Kier alpha value is 0.160. The molecule has 1 aromatic rings. The highest BCUT2D eigenvalue weighted by atomic mass is 79.9. The van der Waals surface area contributed by atoms with Gasteiger partial charge in [0.25, 0.3) is 0 Å². The summed E-state index contributed by atoms with van der Waals surface area (Å²) >= 11 is 8.53. The molecule has 0 saturated heterocycles. The first-order valence-corrected chi connectivity index (χ1v) is 7.00. The Morgan fingerprint density at radius 3 is 2.43 bits per heavy atom. The van der Waals surface area contributed by atoms with Gasteiger partial charge in [-0.05, 0) is 33.6 Å². The number of rotatable bonds is 2. The van der Waals surface area contributed by atoms with Crippen molar-refractivity contribution in [3.63, 3.8) is 0 Å². The molecule has 0 fully saturated rings. The largest absolute Gasteiger partial charge is 0.236 e. The van der Waals surface area contributed by atoms with Crippen molar-refractivity contribution in [2.45, 2.75) is 5.75 Å². The summed E-state index contributed by atoms with van der Waals surface area (Å²) in [7, 11) is 1.32. The summed E-state index contributed by atoms with van der Waals surface area (Å²) in [6.07, 6.45) is 0. The van der Waals surface area contributed by atoms with Gasteiger partial charge in [-0.25, -0.2) is 12.8 Å². The van der Waals surface area contributed by atoms with Crippen molar-refractivity contribution < 1.29 is 12.8 Å². The second-order valence-corrected chi connectivity index (χ2v) is 6.53. The number of benzene rings is 1. The molecule has 14 heavy (non-hydrogen) atoms. The van der Waals surface area contributed by atoms with Gasteiger partial charge in [-0.3, -0.25) is 0 Å². The first-order chi connectivity index (χ1) is 6.29. The minimum atomic E-state index is -3.69. The van der Waals surface area contributed by atoms with Crippen LogP contribution in [0.5, 0.6) is 0 Å². The van der Waals surface area contributed by atoms with Crippen LogP contribution < -0.4 is 0 Å². The third-order valence-electron chi connectivity index (χ3n) is 1.38. The Morgan fingerprint density at radius 1 is 1.43 bits per heavy atom. The Labute approximate surface area is 98.6 Å². The van der Waals surface area contributed by atoms with Crippen LogP contribution in [-0.4, -0.2) is 8.42 Å². The van der Waals surface area contributed by atoms with Gasteiger partial charge in [-0.15, -0.1) is 0 Å². The van der Waals surface area contributed by atoms with Gasteiger partial charge in [0.1, 0.15) is 5.82 Å². The molecule has 0 unspecified atom stereocenters. The molecule has 0 amide bonds. The quantitative estimate of drug-likeness (QED) is 0.618. The second-order valence-electron chi connectivity index (χ2n) is 2.56. The molecule has 0 aliphatic rings. The maximum atomic E-state index is 13.0. The number of hydrogen-bond donors (Lipinski definition) is 0. The molecular weight excluding hydrogens is 318 g/mol. The Morgan fingerprint density at radius 2 is 2.00 bits per heavy atom. The average molecular weight is 322 g/mol. The van der Waals surface area contributed by atoms with Crippen LogP contribution in [0, 0.1) is 5.82 Å². The standard InChI is InChI=1S/C7H4BrCl2FO2S/c8-7-5(9)1-4(2-6(7)11)3-14(10,12)13/h1-2H,3H2. The van der Waals surface area contributed by atoms with Crippen LogP contribution in [0.15, 0.2) is 16.6 Å². The van der Waals surface area contributed by atoms with Crippen LogP contribution in [0.4, 0.5) is 4.39 Å². The van der Waals surface area contributed by atoms with Crippen LogP contribution in [0.2, 0.25) is 5.02 Å². The summed E-state index contributed by atoms with van der Waals surface area (Å²) < 4.78 is 34.5. The van der Waals surface area contributed by atoms with Crippen molar-refractivity contribution in [2.75, 3.05) is 0 Å². The smallest absolute Gasteiger partial charge is 0.212 e. The third-order valence-corrected chi connectivity index (χ3v) is 3.72. The molecule has 0 radical (unpaired) electrons. The predicted octanol–water partition coefficient (Wildman–Crippen LogP) is 3.31. The Balaban J connectivity index is 3.14. The van der Waals surface area contributed by atoms with E-state index in [1.807, 2.05) is 0 Å². The first kappa shape index (κ1) is 12.2. The van der Waals surface area contributed by atoms with Gasteiger partial charge in [0.15, 0.2) is 0 Å². The molecule has 78 valence electrons. The molecule has 0 aliphatic carbocycles. The first-order valence-electron chi connectivity index (χ1n) is 3.35. The Bertz CT molecular complexity index is 438. The fourth-order valence-electron chi connectivity index (χ4n) is 0.890. The molecule has 0 N–H and O–H groups in total. The molecule has 0 saturated carbocycles. The topological polar surface area (TPSA) is 34.1 Å². The second kappa shape index (κ2) is 4.35. The van der Waals surface area contributed by atoms with E-state index in [1.165, 1.54) is 6.07 Å². The maximum Gasteiger partial charge on any atom is 0.236 e. The molecule has 0 aliphatic heterocycles. The fraction of sp³-hybridized carbons (Fsp3) is 0.143. The predicted molar refractivity (Wildman–Crippen MR) is 57.6 cm³/mol. The summed E-state index contributed by atoms with van der Waals surface area (Å²) in [4.78, 5) is 0. The van der Waals surface area contributed by atoms with Gasteiger partial charge < -0.3 is 0 Å². The molecule has 2 nitrogen and oxygen atoms in total. The summed E-state index contributed by atoms with van der Waals surface area (Å²) in [6, 6.07) is 2.41. The van der Waals surface area contributed by atoms with E-state index in [0.29, 0.717) is 0 Å². The molecule has 1 aromatic carbocycles. The minimum absolute atomic E-state index is 0.106. The van der Waals surface area contributed by atoms with Crippen LogP contribution in [0.1, 0.15) is 5.56 Å². The lowest BCUT2D eigenvalue weighted by Gasteiger charge is -2.02. The van der Waals surface area contributed by atoms with Gasteiger partial charge in [0, 0.05) is 10.7 Å². The summed E-state index contributed by atoms with van der Waals surface area (Å²) in [5.41, 5.74) is 0.214. The van der Waals surface area contributed by atoms with Crippen molar-refractivity contribution in [1.82, 2.24) is 0 Å². The van der Waals surface area contributed by atoms with E-state index in [1.54, 1.807) is 0 Å². The summed E-state index contributed by atoms with van der Waals surface area (Å²) in [5.74, 6) is -1.06. The van der Waals surface area contributed by atoms with E-state index < -0.39 is 20.6 Å². The van der Waals surface area contributed by atoms with E-state index >= 15 is 0 Å². The SMILES string of the molecule is O=S(=O)(Cl)Cc1cc(F)c(Br)c(Cl)c1. The lowest BCUT2D eigenvalue weighted by molar-refractivity contribution is 0.607. The zero-order valence-corrected chi connectivity index (χ0v) is 10.5. The highest BCUT2D eigenvalue weighted by Crippen LogP contribution is 2.27. The highest BCUT2D eigenvalue weighted by Gasteiger charge is 2.12. The average Bonchev–Trinajstić information content (AvgIpc) is 1.96. The van der Waals surface area contributed by atoms with E-state index in [0.717, 1.165) is 6.07 Å². The zero-order chi connectivity index (χ0) is 10.9. The maximum absolute atomic E-state index is 13.0. The third kappa shape index (κ3) is 3.38. The monoisotopic (exact) mass is 320 g/mol. The van der Waals surface area contributed by atoms with Gasteiger partial charge in [-0.2, -0.15) is 0 Å². The van der Waals surface area contributed by atoms with Gasteiger partial charge in [0.05, 0.1) is 15.2 Å². The normalized spacial score (nSPS) is 11.7. The van der Waals surface area contributed by atoms with E-state index in [4.69, 9.17) is 22.3 Å². The summed E-state index contributed by atoms with van der Waals surface area (Å²) in [5, 5.41) is 0.111. The Kier molecular flexibility index (Phi) is 3.80. The molecule has 0 heterocycles. The van der Waals surface area contributed by atoms with Crippen LogP contribution in [0.3, 0.4) is 0 Å². The van der Waals surface area contributed by atoms with Gasteiger partial charge >= 0.3 is 0 Å². The van der Waals surface area contributed by atoms with Crippen molar-refractivity contribution in [3.05, 3.63) is 33.0 Å². The van der Waals surface area contributed by atoms with Crippen molar-refractivity contribution in [1.29, 1.82) is 0 Å².